The molecule has 0 spiro atoms. The van der Waals surface area contributed by atoms with E-state index >= 15 is 0 Å². The van der Waals surface area contributed by atoms with E-state index in [2.05, 4.69) is 0 Å². The van der Waals surface area contributed by atoms with Crippen LogP contribution in [-0.2, 0) is 18.9 Å². The van der Waals surface area contributed by atoms with E-state index in [4.69, 9.17) is 18.9 Å². The number of esters is 3. The highest BCUT2D eigenvalue weighted by atomic mass is 16.6. The quantitative estimate of drug-likeness (QED) is 0.404. The SMILES string of the molecule is O=C(OC[C@H]1OCC(OC(=O)c2ccccc2)[C@H]1OC(=O)c1ccccc1)c1ccccc1. The van der Waals surface area contributed by atoms with Crippen LogP contribution in [0.2, 0.25) is 0 Å². The first-order valence-electron chi connectivity index (χ1n) is 10.5. The molecule has 0 radical (unpaired) electrons. The van der Waals surface area contributed by atoms with Crippen molar-refractivity contribution in [2.24, 2.45) is 0 Å². The van der Waals surface area contributed by atoms with Gasteiger partial charge in [0.2, 0.25) is 0 Å². The highest BCUT2D eigenvalue weighted by Gasteiger charge is 2.44. The smallest absolute Gasteiger partial charge is 0.338 e. The van der Waals surface area contributed by atoms with Crippen LogP contribution in [0.1, 0.15) is 31.1 Å². The Kier molecular flexibility index (Phi) is 7.12. The predicted octanol–water partition coefficient (Wildman–Crippen LogP) is 3.69. The molecule has 0 saturated carbocycles. The summed E-state index contributed by atoms with van der Waals surface area (Å²) in [6, 6.07) is 25.5. The van der Waals surface area contributed by atoms with Gasteiger partial charge in [0.25, 0.3) is 0 Å². The Labute approximate surface area is 190 Å². The van der Waals surface area contributed by atoms with E-state index in [0.29, 0.717) is 16.7 Å². The maximum Gasteiger partial charge on any atom is 0.338 e. The largest absolute Gasteiger partial charge is 0.459 e. The second-order valence-corrected chi connectivity index (χ2v) is 7.38. The second kappa shape index (κ2) is 10.6. The molecule has 1 heterocycles. The number of ether oxygens (including phenoxy) is 4. The topological polar surface area (TPSA) is 88.1 Å². The first kappa shape index (κ1) is 22.2. The second-order valence-electron chi connectivity index (χ2n) is 7.38. The number of rotatable bonds is 7. The lowest BCUT2D eigenvalue weighted by molar-refractivity contribution is -0.0433. The minimum atomic E-state index is -0.950. The number of carbonyl (C=O) groups excluding carboxylic acids is 3. The summed E-state index contributed by atoms with van der Waals surface area (Å²) in [6.07, 6.45) is -2.60. The summed E-state index contributed by atoms with van der Waals surface area (Å²) in [5.74, 6) is -1.68. The molecular weight excluding hydrogens is 424 g/mol. The van der Waals surface area contributed by atoms with E-state index in [-0.39, 0.29) is 13.2 Å². The summed E-state index contributed by atoms with van der Waals surface area (Å²) in [7, 11) is 0. The lowest BCUT2D eigenvalue weighted by Crippen LogP contribution is -2.40. The molecule has 7 nitrogen and oxygen atoms in total. The van der Waals surface area contributed by atoms with Gasteiger partial charge >= 0.3 is 17.9 Å². The van der Waals surface area contributed by atoms with Crippen LogP contribution in [0.3, 0.4) is 0 Å². The monoisotopic (exact) mass is 446 g/mol. The average molecular weight is 446 g/mol. The first-order chi connectivity index (χ1) is 16.1. The number of hydrogen-bond acceptors (Lipinski definition) is 7. The van der Waals surface area contributed by atoms with Gasteiger partial charge in [-0.25, -0.2) is 14.4 Å². The van der Waals surface area contributed by atoms with Crippen LogP contribution in [0.25, 0.3) is 0 Å². The zero-order valence-corrected chi connectivity index (χ0v) is 17.7. The van der Waals surface area contributed by atoms with Crippen molar-refractivity contribution in [3.63, 3.8) is 0 Å². The van der Waals surface area contributed by atoms with Crippen LogP contribution in [-0.4, -0.2) is 49.4 Å². The van der Waals surface area contributed by atoms with E-state index in [1.807, 2.05) is 0 Å². The van der Waals surface area contributed by atoms with E-state index < -0.39 is 36.2 Å². The van der Waals surface area contributed by atoms with Crippen molar-refractivity contribution in [1.29, 1.82) is 0 Å². The van der Waals surface area contributed by atoms with E-state index in [1.54, 1.807) is 91.0 Å². The van der Waals surface area contributed by atoms with E-state index in [0.717, 1.165) is 0 Å². The summed E-state index contributed by atoms with van der Waals surface area (Å²) in [5.41, 5.74) is 1.10. The highest BCUT2D eigenvalue weighted by molar-refractivity contribution is 5.90. The molecule has 0 aromatic heterocycles. The molecule has 1 unspecified atom stereocenters. The average Bonchev–Trinajstić information content (AvgIpc) is 3.24. The summed E-state index contributed by atoms with van der Waals surface area (Å²) >= 11 is 0. The van der Waals surface area contributed by atoms with Gasteiger partial charge in [-0.1, -0.05) is 54.6 Å². The van der Waals surface area contributed by atoms with Crippen molar-refractivity contribution < 1.29 is 33.3 Å². The van der Waals surface area contributed by atoms with Crippen LogP contribution >= 0.6 is 0 Å². The Morgan fingerprint density at radius 1 is 0.667 bits per heavy atom. The lowest BCUT2D eigenvalue weighted by atomic mass is 10.1. The molecule has 1 aliphatic heterocycles. The normalized spacial score (nSPS) is 19.5. The number of hydrogen-bond donors (Lipinski definition) is 0. The molecule has 4 rings (SSSR count). The minimum Gasteiger partial charge on any atom is -0.459 e. The molecule has 7 heteroatoms. The van der Waals surface area contributed by atoms with Crippen LogP contribution in [0.15, 0.2) is 91.0 Å². The van der Waals surface area contributed by atoms with Gasteiger partial charge < -0.3 is 18.9 Å². The van der Waals surface area contributed by atoms with Crippen molar-refractivity contribution in [2.75, 3.05) is 13.2 Å². The fourth-order valence-electron chi connectivity index (χ4n) is 3.40. The molecule has 1 aliphatic rings. The molecule has 1 saturated heterocycles. The van der Waals surface area contributed by atoms with Gasteiger partial charge in [0.05, 0.1) is 23.3 Å². The van der Waals surface area contributed by atoms with Gasteiger partial charge in [-0.15, -0.1) is 0 Å². The molecular formula is C26H22O7. The third-order valence-electron chi connectivity index (χ3n) is 5.12. The zero-order valence-electron chi connectivity index (χ0n) is 17.7. The molecule has 3 aromatic rings. The van der Waals surface area contributed by atoms with Gasteiger partial charge in [-0.2, -0.15) is 0 Å². The number of benzene rings is 3. The Morgan fingerprint density at radius 2 is 1.12 bits per heavy atom. The van der Waals surface area contributed by atoms with Crippen molar-refractivity contribution >= 4 is 17.9 Å². The first-order valence-corrected chi connectivity index (χ1v) is 10.5. The Morgan fingerprint density at radius 3 is 1.64 bits per heavy atom. The Hall–Kier alpha value is -3.97. The third kappa shape index (κ3) is 5.64. The molecule has 0 N–H and O–H groups in total. The fourth-order valence-corrected chi connectivity index (χ4v) is 3.40. The lowest BCUT2D eigenvalue weighted by Gasteiger charge is -2.23. The highest BCUT2D eigenvalue weighted by Crippen LogP contribution is 2.24. The van der Waals surface area contributed by atoms with Crippen molar-refractivity contribution in [2.45, 2.75) is 18.3 Å². The van der Waals surface area contributed by atoms with Crippen LogP contribution in [0, 0.1) is 0 Å². The molecule has 168 valence electrons. The van der Waals surface area contributed by atoms with Crippen molar-refractivity contribution in [3.05, 3.63) is 108 Å². The summed E-state index contributed by atoms with van der Waals surface area (Å²) in [4.78, 5) is 37.6. The molecule has 0 aliphatic carbocycles. The van der Waals surface area contributed by atoms with Gasteiger partial charge in [0, 0.05) is 0 Å². The summed E-state index contributed by atoms with van der Waals surface area (Å²) in [5, 5.41) is 0. The standard InChI is InChI=1S/C26H22O7/c27-24(18-10-4-1-5-11-18)31-16-21-23(33-26(29)20-14-8-3-9-15-20)22(17-30-21)32-25(28)19-12-6-2-7-13-19/h1-15,21-23H,16-17H2/t21-,22?,23+/m1/s1. The van der Waals surface area contributed by atoms with Gasteiger partial charge in [-0.3, -0.25) is 0 Å². The summed E-state index contributed by atoms with van der Waals surface area (Å²) < 4.78 is 22.3. The summed E-state index contributed by atoms with van der Waals surface area (Å²) in [6.45, 7) is -0.168. The van der Waals surface area contributed by atoms with E-state index in [1.165, 1.54) is 0 Å². The predicted molar refractivity (Wildman–Crippen MR) is 118 cm³/mol. The van der Waals surface area contributed by atoms with Crippen molar-refractivity contribution in [1.82, 2.24) is 0 Å². The third-order valence-corrected chi connectivity index (χ3v) is 5.12. The maximum atomic E-state index is 12.7. The molecule has 33 heavy (non-hydrogen) atoms. The molecule has 3 aromatic carbocycles. The zero-order chi connectivity index (χ0) is 23.0. The van der Waals surface area contributed by atoms with Gasteiger partial charge in [-0.05, 0) is 36.4 Å². The van der Waals surface area contributed by atoms with E-state index in [9.17, 15) is 14.4 Å². The molecule has 0 bridgehead atoms. The fraction of sp³-hybridized carbons (Fsp3) is 0.192. The molecule has 1 fully saturated rings. The Balaban J connectivity index is 1.46. The molecule has 3 atom stereocenters. The van der Waals surface area contributed by atoms with Crippen LogP contribution in [0.5, 0.6) is 0 Å². The van der Waals surface area contributed by atoms with Crippen LogP contribution < -0.4 is 0 Å². The van der Waals surface area contributed by atoms with Crippen LogP contribution in [0.4, 0.5) is 0 Å². The van der Waals surface area contributed by atoms with Crippen molar-refractivity contribution in [3.8, 4) is 0 Å². The molecule has 0 amide bonds. The maximum absolute atomic E-state index is 12.7. The Bertz CT molecular complexity index is 1080. The van der Waals surface area contributed by atoms with Gasteiger partial charge in [0.15, 0.2) is 12.2 Å². The number of carbonyl (C=O) groups is 3. The van der Waals surface area contributed by atoms with Gasteiger partial charge in [0.1, 0.15) is 12.7 Å². The minimum absolute atomic E-state index is 0.00113.